The van der Waals surface area contributed by atoms with Gasteiger partial charge in [0, 0.05) is 24.7 Å². The van der Waals surface area contributed by atoms with Crippen molar-refractivity contribution in [3.05, 3.63) is 29.8 Å². The van der Waals surface area contributed by atoms with Gasteiger partial charge in [-0.25, -0.2) is 17.5 Å². The van der Waals surface area contributed by atoms with E-state index in [1.165, 1.54) is 10.6 Å². The summed E-state index contributed by atoms with van der Waals surface area (Å²) in [5, 5.41) is 2.84. The molecule has 2 aliphatic heterocycles. The van der Waals surface area contributed by atoms with Crippen LogP contribution in [0.1, 0.15) is 18.4 Å². The fourth-order valence-electron chi connectivity index (χ4n) is 3.44. The summed E-state index contributed by atoms with van der Waals surface area (Å²) in [6, 6.07) is 7.61. The number of nitrogens with zero attached hydrogens (tertiary/aromatic N) is 2. The van der Waals surface area contributed by atoms with Crippen LogP contribution in [-0.2, 0) is 19.6 Å². The number of carbonyl (C=O) groups is 2. The van der Waals surface area contributed by atoms with Crippen LogP contribution in [0.25, 0.3) is 0 Å². The van der Waals surface area contributed by atoms with Gasteiger partial charge in [-0.2, -0.15) is 0 Å². The number of anilines is 1. The maximum absolute atomic E-state index is 12.4. The van der Waals surface area contributed by atoms with E-state index in [0.717, 1.165) is 11.3 Å². The molecule has 27 heavy (non-hydrogen) atoms. The Morgan fingerprint density at radius 1 is 1.30 bits per heavy atom. The van der Waals surface area contributed by atoms with E-state index in [9.17, 15) is 18.0 Å². The summed E-state index contributed by atoms with van der Waals surface area (Å²) in [4.78, 5) is 26.0. The van der Waals surface area contributed by atoms with Crippen LogP contribution >= 0.6 is 0 Å². The summed E-state index contributed by atoms with van der Waals surface area (Å²) in [7, 11) is -3.20. The highest BCUT2D eigenvalue weighted by atomic mass is 32.2. The summed E-state index contributed by atoms with van der Waals surface area (Å²) in [5.41, 5.74) is 1.83. The number of piperidine rings is 1. The molecule has 2 heterocycles. The van der Waals surface area contributed by atoms with E-state index in [2.05, 4.69) is 5.32 Å². The van der Waals surface area contributed by atoms with Gasteiger partial charge in [0.2, 0.25) is 15.9 Å². The van der Waals surface area contributed by atoms with Crippen LogP contribution in [-0.4, -0.2) is 63.3 Å². The first-order valence-corrected chi connectivity index (χ1v) is 10.9. The fourth-order valence-corrected chi connectivity index (χ4v) is 4.32. The summed E-state index contributed by atoms with van der Waals surface area (Å²) in [5.74, 6) is -0.332. The second-order valence-electron chi connectivity index (χ2n) is 7.14. The van der Waals surface area contributed by atoms with Crippen LogP contribution in [0.3, 0.4) is 0 Å². The molecule has 2 fully saturated rings. The molecule has 8 nitrogen and oxygen atoms in total. The van der Waals surface area contributed by atoms with E-state index in [1.807, 2.05) is 31.2 Å². The van der Waals surface area contributed by atoms with Crippen LogP contribution < -0.4 is 10.2 Å². The lowest BCUT2D eigenvalue weighted by Gasteiger charge is -2.29. The van der Waals surface area contributed by atoms with Crippen molar-refractivity contribution in [1.82, 2.24) is 9.62 Å². The Bertz CT molecular complexity index is 818. The molecular formula is C18H25N3O5S. The molecule has 3 rings (SSSR count). The first-order chi connectivity index (χ1) is 12.7. The van der Waals surface area contributed by atoms with Crippen molar-refractivity contribution in [3.63, 3.8) is 0 Å². The average Bonchev–Trinajstić information content (AvgIpc) is 3.00. The van der Waals surface area contributed by atoms with Gasteiger partial charge in [0.05, 0.1) is 19.3 Å². The molecule has 0 spiro atoms. The minimum Gasteiger partial charge on any atom is -0.442 e. The smallest absolute Gasteiger partial charge is 0.414 e. The topological polar surface area (TPSA) is 96.0 Å². The number of rotatable bonds is 5. The van der Waals surface area contributed by atoms with Crippen molar-refractivity contribution >= 4 is 27.7 Å². The number of nitrogens with one attached hydrogen (secondary N) is 1. The quantitative estimate of drug-likeness (QED) is 0.806. The Hall–Kier alpha value is -2.13. The van der Waals surface area contributed by atoms with Crippen molar-refractivity contribution in [2.45, 2.75) is 25.9 Å². The highest BCUT2D eigenvalue weighted by Gasteiger charge is 2.34. The van der Waals surface area contributed by atoms with Crippen molar-refractivity contribution in [2.75, 3.05) is 37.3 Å². The molecule has 1 unspecified atom stereocenters. The lowest BCUT2D eigenvalue weighted by atomic mass is 9.97. The number of amides is 2. The van der Waals surface area contributed by atoms with Gasteiger partial charge >= 0.3 is 6.09 Å². The third kappa shape index (κ3) is 4.78. The summed E-state index contributed by atoms with van der Waals surface area (Å²) in [6.45, 7) is 3.30. The number of ether oxygens (including phenoxy) is 1. The van der Waals surface area contributed by atoms with E-state index < -0.39 is 22.2 Å². The Kier molecular flexibility index (Phi) is 5.71. The summed E-state index contributed by atoms with van der Waals surface area (Å²) >= 11 is 0. The van der Waals surface area contributed by atoms with E-state index in [0.29, 0.717) is 32.5 Å². The first kappa shape index (κ1) is 19.6. The molecule has 0 aromatic heterocycles. The molecule has 1 N–H and O–H groups in total. The molecule has 148 valence electrons. The summed E-state index contributed by atoms with van der Waals surface area (Å²) < 4.78 is 29.8. The predicted octanol–water partition coefficient (Wildman–Crippen LogP) is 1.11. The lowest BCUT2D eigenvalue weighted by molar-refractivity contribution is -0.126. The molecule has 2 amide bonds. The van der Waals surface area contributed by atoms with Crippen LogP contribution in [0.2, 0.25) is 0 Å². The number of carbonyl (C=O) groups excluding carboxylic acids is 2. The third-order valence-corrected chi connectivity index (χ3v) is 6.29. The first-order valence-electron chi connectivity index (χ1n) is 9.01. The Morgan fingerprint density at radius 2 is 2.00 bits per heavy atom. The molecule has 0 bridgehead atoms. The average molecular weight is 395 g/mol. The Labute approximate surface area is 159 Å². The fraction of sp³-hybridized carbons (Fsp3) is 0.556. The standard InChI is InChI=1S/C18H25N3O5S/c1-13-4-3-5-15(10-13)21-12-16(26-18(21)23)11-19-17(22)14-6-8-20(9-7-14)27(2,24)25/h3-5,10,14,16H,6-9,11-12H2,1-2H3,(H,19,22). The molecule has 2 aliphatic rings. The molecular weight excluding hydrogens is 370 g/mol. The van der Waals surface area contributed by atoms with Gasteiger partial charge in [0.25, 0.3) is 0 Å². The molecule has 1 atom stereocenters. The van der Waals surface area contributed by atoms with Gasteiger partial charge in [0.15, 0.2) is 0 Å². The van der Waals surface area contributed by atoms with Crippen LogP contribution in [0.4, 0.5) is 10.5 Å². The van der Waals surface area contributed by atoms with Crippen molar-refractivity contribution in [2.24, 2.45) is 5.92 Å². The highest BCUT2D eigenvalue weighted by molar-refractivity contribution is 7.88. The number of sulfonamides is 1. The number of aryl methyl sites for hydroxylation is 1. The number of hydrogen-bond donors (Lipinski definition) is 1. The Balaban J connectivity index is 1.48. The van der Waals surface area contributed by atoms with Crippen LogP contribution in [0.5, 0.6) is 0 Å². The largest absolute Gasteiger partial charge is 0.442 e. The van der Waals surface area contributed by atoms with Gasteiger partial charge in [-0.3, -0.25) is 9.69 Å². The van der Waals surface area contributed by atoms with Crippen molar-refractivity contribution in [3.8, 4) is 0 Å². The maximum atomic E-state index is 12.4. The molecule has 2 saturated heterocycles. The van der Waals surface area contributed by atoms with Gasteiger partial charge < -0.3 is 10.1 Å². The zero-order chi connectivity index (χ0) is 19.6. The van der Waals surface area contributed by atoms with Crippen LogP contribution in [0, 0.1) is 12.8 Å². The predicted molar refractivity (Wildman–Crippen MR) is 101 cm³/mol. The molecule has 0 radical (unpaired) electrons. The minimum absolute atomic E-state index is 0.117. The van der Waals surface area contributed by atoms with E-state index in [1.54, 1.807) is 4.90 Å². The zero-order valence-corrected chi connectivity index (χ0v) is 16.4. The van der Waals surface area contributed by atoms with Gasteiger partial charge in [-0.1, -0.05) is 12.1 Å². The van der Waals surface area contributed by atoms with E-state index in [4.69, 9.17) is 4.74 Å². The monoisotopic (exact) mass is 395 g/mol. The number of cyclic esters (lactones) is 1. The van der Waals surface area contributed by atoms with Gasteiger partial charge in [0.1, 0.15) is 6.10 Å². The Morgan fingerprint density at radius 3 is 2.63 bits per heavy atom. The molecule has 1 aromatic rings. The molecule has 0 aliphatic carbocycles. The van der Waals surface area contributed by atoms with Crippen LogP contribution in [0.15, 0.2) is 24.3 Å². The third-order valence-electron chi connectivity index (χ3n) is 4.99. The normalized spacial score (nSPS) is 21.9. The molecule has 9 heteroatoms. The second-order valence-corrected chi connectivity index (χ2v) is 9.12. The van der Waals surface area contributed by atoms with Gasteiger partial charge in [-0.15, -0.1) is 0 Å². The van der Waals surface area contributed by atoms with Crippen molar-refractivity contribution in [1.29, 1.82) is 0 Å². The SMILES string of the molecule is Cc1cccc(N2CC(CNC(=O)C3CCN(S(C)(=O)=O)CC3)OC2=O)c1. The minimum atomic E-state index is -3.20. The lowest BCUT2D eigenvalue weighted by Crippen LogP contribution is -2.44. The summed E-state index contributed by atoms with van der Waals surface area (Å²) in [6.07, 6.45) is 1.36. The number of hydrogen-bond acceptors (Lipinski definition) is 5. The van der Waals surface area contributed by atoms with E-state index >= 15 is 0 Å². The second kappa shape index (κ2) is 7.85. The number of benzene rings is 1. The maximum Gasteiger partial charge on any atom is 0.414 e. The zero-order valence-electron chi connectivity index (χ0n) is 15.6. The highest BCUT2D eigenvalue weighted by Crippen LogP contribution is 2.23. The molecule has 0 saturated carbocycles. The van der Waals surface area contributed by atoms with Crippen molar-refractivity contribution < 1.29 is 22.7 Å². The van der Waals surface area contributed by atoms with E-state index in [-0.39, 0.29) is 18.4 Å². The van der Waals surface area contributed by atoms with Gasteiger partial charge in [-0.05, 0) is 37.5 Å². The molecule has 1 aromatic carbocycles.